The molecule has 0 aliphatic carbocycles. The van der Waals surface area contributed by atoms with E-state index in [0.29, 0.717) is 5.56 Å². The van der Waals surface area contributed by atoms with Crippen molar-refractivity contribution in [3.05, 3.63) is 34.9 Å². The molecule has 0 aromatic heterocycles. The molecule has 0 aliphatic rings. The van der Waals surface area contributed by atoms with E-state index < -0.39 is 5.97 Å². The molecule has 0 aliphatic heterocycles. The molecular formula is C12H16O2. The standard InChI is InChI=1S/C12H16O2/c1-4-9-5-6-10(8(2)3)11(7-9)12(13)14/h5-8H,4H2,1-3H3,(H,13,14). The van der Waals surface area contributed by atoms with Crippen LogP contribution in [0.2, 0.25) is 0 Å². The lowest BCUT2D eigenvalue weighted by atomic mass is 9.95. The number of hydrogen-bond acceptors (Lipinski definition) is 1. The molecule has 2 heteroatoms. The second-order valence-corrected chi connectivity index (χ2v) is 3.74. The quantitative estimate of drug-likeness (QED) is 0.799. The van der Waals surface area contributed by atoms with E-state index in [2.05, 4.69) is 0 Å². The lowest BCUT2D eigenvalue weighted by Gasteiger charge is -2.10. The van der Waals surface area contributed by atoms with Crippen molar-refractivity contribution in [2.45, 2.75) is 33.1 Å². The van der Waals surface area contributed by atoms with E-state index in [4.69, 9.17) is 5.11 Å². The van der Waals surface area contributed by atoms with Crippen LogP contribution in [0.4, 0.5) is 0 Å². The van der Waals surface area contributed by atoms with Gasteiger partial charge in [-0.1, -0.05) is 32.9 Å². The molecule has 0 atom stereocenters. The maximum atomic E-state index is 11.0. The summed E-state index contributed by atoms with van der Waals surface area (Å²) in [6, 6.07) is 5.70. The summed E-state index contributed by atoms with van der Waals surface area (Å²) in [5.74, 6) is -0.573. The van der Waals surface area contributed by atoms with E-state index >= 15 is 0 Å². The van der Waals surface area contributed by atoms with Gasteiger partial charge < -0.3 is 5.11 Å². The zero-order valence-corrected chi connectivity index (χ0v) is 8.87. The van der Waals surface area contributed by atoms with Crippen molar-refractivity contribution in [3.63, 3.8) is 0 Å². The maximum absolute atomic E-state index is 11.0. The van der Waals surface area contributed by atoms with E-state index in [9.17, 15) is 4.79 Å². The van der Waals surface area contributed by atoms with Crippen LogP contribution >= 0.6 is 0 Å². The Bertz CT molecular complexity index is 340. The molecule has 1 aromatic rings. The second kappa shape index (κ2) is 4.27. The lowest BCUT2D eigenvalue weighted by Crippen LogP contribution is -2.04. The number of rotatable bonds is 3. The van der Waals surface area contributed by atoms with Crippen molar-refractivity contribution in [2.24, 2.45) is 0 Å². The van der Waals surface area contributed by atoms with Gasteiger partial charge in [-0.3, -0.25) is 0 Å². The van der Waals surface area contributed by atoms with Crippen LogP contribution in [0.3, 0.4) is 0 Å². The molecule has 1 rings (SSSR count). The molecule has 0 unspecified atom stereocenters. The number of carboxylic acids is 1. The zero-order chi connectivity index (χ0) is 10.7. The highest BCUT2D eigenvalue weighted by molar-refractivity contribution is 5.89. The van der Waals surface area contributed by atoms with Crippen molar-refractivity contribution >= 4 is 5.97 Å². The summed E-state index contributed by atoms with van der Waals surface area (Å²) in [6.45, 7) is 6.04. The van der Waals surface area contributed by atoms with E-state index in [1.54, 1.807) is 6.07 Å². The van der Waals surface area contributed by atoms with E-state index in [1.807, 2.05) is 32.9 Å². The highest BCUT2D eigenvalue weighted by Gasteiger charge is 2.12. The molecule has 0 spiro atoms. The van der Waals surface area contributed by atoms with Crippen molar-refractivity contribution in [2.75, 3.05) is 0 Å². The summed E-state index contributed by atoms with van der Waals surface area (Å²) in [5, 5.41) is 9.03. The lowest BCUT2D eigenvalue weighted by molar-refractivity contribution is 0.0695. The Labute approximate surface area is 84.6 Å². The third-order valence-corrected chi connectivity index (χ3v) is 2.38. The monoisotopic (exact) mass is 192 g/mol. The van der Waals surface area contributed by atoms with Crippen LogP contribution < -0.4 is 0 Å². The summed E-state index contributed by atoms with van der Waals surface area (Å²) >= 11 is 0. The van der Waals surface area contributed by atoms with Gasteiger partial charge in [0.1, 0.15) is 0 Å². The molecule has 0 bridgehead atoms. The summed E-state index contributed by atoms with van der Waals surface area (Å²) in [4.78, 5) is 11.0. The molecule has 0 fully saturated rings. The van der Waals surface area contributed by atoms with Crippen molar-refractivity contribution in [3.8, 4) is 0 Å². The number of carbonyl (C=O) groups is 1. The fourth-order valence-corrected chi connectivity index (χ4v) is 1.51. The third-order valence-electron chi connectivity index (χ3n) is 2.38. The van der Waals surface area contributed by atoms with Crippen LogP contribution in [0, 0.1) is 0 Å². The second-order valence-electron chi connectivity index (χ2n) is 3.74. The molecule has 2 nitrogen and oxygen atoms in total. The predicted molar refractivity (Wildman–Crippen MR) is 56.9 cm³/mol. The van der Waals surface area contributed by atoms with Gasteiger partial charge in [-0.25, -0.2) is 4.79 Å². The van der Waals surface area contributed by atoms with Gasteiger partial charge in [0, 0.05) is 0 Å². The van der Waals surface area contributed by atoms with Crippen LogP contribution in [-0.2, 0) is 6.42 Å². The van der Waals surface area contributed by atoms with Crippen LogP contribution in [0.1, 0.15) is 48.2 Å². The van der Waals surface area contributed by atoms with Gasteiger partial charge in [0.15, 0.2) is 0 Å². The van der Waals surface area contributed by atoms with Crippen molar-refractivity contribution in [1.29, 1.82) is 0 Å². The number of aromatic carboxylic acids is 1. The van der Waals surface area contributed by atoms with Gasteiger partial charge in [0.2, 0.25) is 0 Å². The third kappa shape index (κ3) is 2.13. The first-order valence-corrected chi connectivity index (χ1v) is 4.92. The Morgan fingerprint density at radius 3 is 2.50 bits per heavy atom. The first kappa shape index (κ1) is 10.8. The highest BCUT2D eigenvalue weighted by Crippen LogP contribution is 2.21. The smallest absolute Gasteiger partial charge is 0.335 e. The van der Waals surface area contributed by atoms with Gasteiger partial charge in [-0.2, -0.15) is 0 Å². The summed E-state index contributed by atoms with van der Waals surface area (Å²) in [5.41, 5.74) is 2.43. The predicted octanol–water partition coefficient (Wildman–Crippen LogP) is 3.07. The van der Waals surface area contributed by atoms with Crippen LogP contribution in [0.25, 0.3) is 0 Å². The van der Waals surface area contributed by atoms with Gasteiger partial charge >= 0.3 is 5.97 Å². The minimum Gasteiger partial charge on any atom is -0.478 e. The average molecular weight is 192 g/mol. The van der Waals surface area contributed by atoms with Crippen LogP contribution in [-0.4, -0.2) is 11.1 Å². The molecule has 1 aromatic carbocycles. The fraction of sp³-hybridized carbons (Fsp3) is 0.417. The minimum atomic E-state index is -0.830. The SMILES string of the molecule is CCc1ccc(C(C)C)c(C(=O)O)c1. The topological polar surface area (TPSA) is 37.3 Å². The van der Waals surface area contributed by atoms with Gasteiger partial charge in [0.25, 0.3) is 0 Å². The Balaban J connectivity index is 3.24. The number of hydrogen-bond donors (Lipinski definition) is 1. The van der Waals surface area contributed by atoms with Crippen molar-refractivity contribution in [1.82, 2.24) is 0 Å². The summed E-state index contributed by atoms with van der Waals surface area (Å²) in [7, 11) is 0. The summed E-state index contributed by atoms with van der Waals surface area (Å²) < 4.78 is 0. The molecule has 0 saturated heterocycles. The first-order chi connectivity index (χ1) is 6.56. The molecule has 76 valence electrons. The van der Waals surface area contributed by atoms with Gasteiger partial charge in [-0.05, 0) is 29.5 Å². The van der Waals surface area contributed by atoms with E-state index in [-0.39, 0.29) is 5.92 Å². The first-order valence-electron chi connectivity index (χ1n) is 4.92. The molecule has 0 heterocycles. The zero-order valence-electron chi connectivity index (χ0n) is 8.87. The average Bonchev–Trinajstić information content (AvgIpc) is 2.16. The number of benzene rings is 1. The van der Waals surface area contributed by atoms with Crippen molar-refractivity contribution < 1.29 is 9.90 Å². The fourth-order valence-electron chi connectivity index (χ4n) is 1.51. The van der Waals surface area contributed by atoms with E-state index in [0.717, 1.165) is 17.5 Å². The van der Waals surface area contributed by atoms with Crippen LogP contribution in [0.15, 0.2) is 18.2 Å². The molecule has 1 N–H and O–H groups in total. The number of aryl methyl sites for hydroxylation is 1. The van der Waals surface area contributed by atoms with Crippen LogP contribution in [0.5, 0.6) is 0 Å². The van der Waals surface area contributed by atoms with Gasteiger partial charge in [-0.15, -0.1) is 0 Å². The normalized spacial score (nSPS) is 10.6. The molecule has 0 amide bonds. The Morgan fingerprint density at radius 2 is 2.07 bits per heavy atom. The Kier molecular flexibility index (Phi) is 3.28. The molecule has 14 heavy (non-hydrogen) atoms. The Morgan fingerprint density at radius 1 is 1.43 bits per heavy atom. The molecule has 0 radical (unpaired) electrons. The highest BCUT2D eigenvalue weighted by atomic mass is 16.4. The number of carboxylic acid groups (broad SMARTS) is 1. The van der Waals surface area contributed by atoms with E-state index in [1.165, 1.54) is 0 Å². The molecular weight excluding hydrogens is 176 g/mol. The Hall–Kier alpha value is -1.31. The molecule has 0 saturated carbocycles. The largest absolute Gasteiger partial charge is 0.478 e. The van der Waals surface area contributed by atoms with Gasteiger partial charge in [0.05, 0.1) is 5.56 Å². The maximum Gasteiger partial charge on any atom is 0.335 e. The minimum absolute atomic E-state index is 0.256. The summed E-state index contributed by atoms with van der Waals surface area (Å²) in [6.07, 6.45) is 0.874.